The van der Waals surface area contributed by atoms with Crippen molar-refractivity contribution in [1.29, 1.82) is 0 Å². The molecule has 1 aliphatic heterocycles. The van der Waals surface area contributed by atoms with Crippen LogP contribution >= 0.6 is 11.3 Å². The number of nitro benzene ring substituents is 1. The van der Waals surface area contributed by atoms with Crippen LogP contribution in [0.1, 0.15) is 16.5 Å². The largest absolute Gasteiger partial charge is 0.314 e. The summed E-state index contributed by atoms with van der Waals surface area (Å²) in [5, 5.41) is 16.4. The summed E-state index contributed by atoms with van der Waals surface area (Å²) < 4.78 is 0. The molecule has 2 aromatic rings. The van der Waals surface area contributed by atoms with E-state index in [-0.39, 0.29) is 16.7 Å². The van der Waals surface area contributed by atoms with E-state index in [0.717, 1.165) is 31.7 Å². The molecule has 1 aromatic carbocycles. The Morgan fingerprint density at radius 2 is 2.05 bits per heavy atom. The molecule has 1 atom stereocenters. The molecular weight excluding hydrogens is 286 g/mol. The number of nitrogens with one attached hydrogen (secondary N) is 1. The number of thiophene rings is 1. The number of nitro groups is 1. The van der Waals surface area contributed by atoms with Crippen LogP contribution in [0, 0.1) is 10.1 Å². The first-order valence-corrected chi connectivity index (χ1v) is 7.86. The van der Waals surface area contributed by atoms with Gasteiger partial charge in [0.15, 0.2) is 0 Å². The zero-order valence-electron chi connectivity index (χ0n) is 11.6. The first-order valence-electron chi connectivity index (χ1n) is 6.98. The van der Waals surface area contributed by atoms with Crippen LogP contribution < -0.4 is 5.32 Å². The van der Waals surface area contributed by atoms with Gasteiger partial charge in [0.2, 0.25) is 0 Å². The highest BCUT2D eigenvalue weighted by molar-refractivity contribution is 7.10. The summed E-state index contributed by atoms with van der Waals surface area (Å²) in [5.41, 5.74) is 1.15. The summed E-state index contributed by atoms with van der Waals surface area (Å²) >= 11 is 1.70. The van der Waals surface area contributed by atoms with Crippen LogP contribution in [-0.4, -0.2) is 36.0 Å². The smallest absolute Gasteiger partial charge is 0.269 e. The monoisotopic (exact) mass is 303 g/mol. The maximum Gasteiger partial charge on any atom is 0.269 e. The third-order valence-corrected chi connectivity index (χ3v) is 4.65. The lowest BCUT2D eigenvalue weighted by atomic mass is 10.0. The van der Waals surface area contributed by atoms with Gasteiger partial charge in [-0.2, -0.15) is 0 Å². The number of hydrogen-bond acceptors (Lipinski definition) is 5. The van der Waals surface area contributed by atoms with Gasteiger partial charge in [-0.1, -0.05) is 18.2 Å². The zero-order chi connectivity index (χ0) is 14.7. The van der Waals surface area contributed by atoms with E-state index in [4.69, 9.17) is 0 Å². The van der Waals surface area contributed by atoms with Gasteiger partial charge in [-0.05, 0) is 17.0 Å². The van der Waals surface area contributed by atoms with Crippen LogP contribution in [-0.2, 0) is 0 Å². The zero-order valence-corrected chi connectivity index (χ0v) is 12.4. The maximum atomic E-state index is 11.0. The Hall–Kier alpha value is -1.76. The molecule has 0 saturated carbocycles. The molecule has 1 fully saturated rings. The molecular formula is C15H17N3O2S. The van der Waals surface area contributed by atoms with Gasteiger partial charge in [-0.3, -0.25) is 15.0 Å². The number of piperazine rings is 1. The molecule has 6 heteroatoms. The van der Waals surface area contributed by atoms with Crippen molar-refractivity contribution in [2.75, 3.05) is 26.2 Å². The van der Waals surface area contributed by atoms with Crippen molar-refractivity contribution >= 4 is 17.0 Å². The van der Waals surface area contributed by atoms with Gasteiger partial charge in [0, 0.05) is 43.2 Å². The second-order valence-corrected chi connectivity index (χ2v) is 6.04. The lowest BCUT2D eigenvalue weighted by Crippen LogP contribution is -2.45. The van der Waals surface area contributed by atoms with Crippen LogP contribution in [0.4, 0.5) is 5.69 Å². The van der Waals surface area contributed by atoms with Gasteiger partial charge >= 0.3 is 0 Å². The molecule has 1 aliphatic rings. The summed E-state index contributed by atoms with van der Waals surface area (Å²) in [6.45, 7) is 3.81. The first kappa shape index (κ1) is 14.2. The van der Waals surface area contributed by atoms with Gasteiger partial charge in [0.05, 0.1) is 11.0 Å². The molecule has 5 nitrogen and oxygen atoms in total. The minimum atomic E-state index is -0.327. The summed E-state index contributed by atoms with van der Waals surface area (Å²) in [6, 6.07) is 11.3. The molecule has 0 bridgehead atoms. The Bertz CT molecular complexity index is 609. The molecule has 21 heavy (non-hydrogen) atoms. The highest BCUT2D eigenvalue weighted by Crippen LogP contribution is 2.33. The molecule has 0 radical (unpaired) electrons. The average molecular weight is 303 g/mol. The van der Waals surface area contributed by atoms with Crippen molar-refractivity contribution in [3.8, 4) is 0 Å². The molecule has 0 amide bonds. The van der Waals surface area contributed by atoms with Crippen LogP contribution in [0.2, 0.25) is 0 Å². The number of rotatable bonds is 4. The average Bonchev–Trinajstić information content (AvgIpc) is 3.03. The standard InChI is InChI=1S/C15H17N3O2S/c19-18(20)13-4-1-3-12(11-13)15(14-5-2-10-21-14)17-8-6-16-7-9-17/h1-5,10-11,15-16H,6-9H2/t15-/m1/s1. The summed E-state index contributed by atoms with van der Waals surface area (Å²) in [6.07, 6.45) is 0. The van der Waals surface area contributed by atoms with Crippen LogP contribution in [0.5, 0.6) is 0 Å². The minimum absolute atomic E-state index is 0.104. The number of nitrogens with zero attached hydrogens (tertiary/aromatic N) is 2. The third-order valence-electron chi connectivity index (χ3n) is 3.73. The minimum Gasteiger partial charge on any atom is -0.314 e. The van der Waals surface area contributed by atoms with Gasteiger partial charge < -0.3 is 5.32 Å². The quantitative estimate of drug-likeness (QED) is 0.697. The molecule has 0 aliphatic carbocycles. The fraction of sp³-hybridized carbons (Fsp3) is 0.333. The Morgan fingerprint density at radius 1 is 1.24 bits per heavy atom. The fourth-order valence-corrected chi connectivity index (χ4v) is 3.64. The van der Waals surface area contributed by atoms with Crippen molar-refractivity contribution in [1.82, 2.24) is 10.2 Å². The number of benzene rings is 1. The van der Waals surface area contributed by atoms with Gasteiger partial charge in [-0.15, -0.1) is 11.3 Å². The van der Waals surface area contributed by atoms with E-state index < -0.39 is 0 Å². The Morgan fingerprint density at radius 3 is 2.71 bits per heavy atom. The van der Waals surface area contributed by atoms with Crippen molar-refractivity contribution in [2.24, 2.45) is 0 Å². The Kier molecular flexibility index (Phi) is 4.28. The van der Waals surface area contributed by atoms with Gasteiger partial charge in [0.1, 0.15) is 0 Å². The molecule has 0 unspecified atom stereocenters. The Balaban J connectivity index is 1.98. The predicted molar refractivity (Wildman–Crippen MR) is 83.7 cm³/mol. The second-order valence-electron chi connectivity index (χ2n) is 5.06. The van der Waals surface area contributed by atoms with E-state index in [0.29, 0.717) is 0 Å². The maximum absolute atomic E-state index is 11.0. The summed E-state index contributed by atoms with van der Waals surface area (Å²) in [4.78, 5) is 14.3. The fourth-order valence-electron chi connectivity index (χ4n) is 2.75. The highest BCUT2D eigenvalue weighted by Gasteiger charge is 2.25. The Labute approximate surface area is 127 Å². The van der Waals surface area contributed by atoms with Crippen molar-refractivity contribution in [3.63, 3.8) is 0 Å². The van der Waals surface area contributed by atoms with E-state index >= 15 is 0 Å². The first-order chi connectivity index (χ1) is 10.3. The predicted octanol–water partition coefficient (Wildman–Crippen LogP) is 2.65. The number of non-ortho nitro benzene ring substituents is 1. The molecule has 0 spiro atoms. The molecule has 1 N–H and O–H groups in total. The lowest BCUT2D eigenvalue weighted by molar-refractivity contribution is -0.384. The van der Waals surface area contributed by atoms with E-state index in [1.54, 1.807) is 29.5 Å². The molecule has 110 valence electrons. The molecule has 2 heterocycles. The van der Waals surface area contributed by atoms with E-state index in [1.165, 1.54) is 4.88 Å². The van der Waals surface area contributed by atoms with Crippen molar-refractivity contribution in [2.45, 2.75) is 6.04 Å². The SMILES string of the molecule is O=[N+]([O-])c1cccc([C@H](c2cccs2)N2CCNCC2)c1. The molecule has 3 rings (SSSR count). The lowest BCUT2D eigenvalue weighted by Gasteiger charge is -2.34. The summed E-state index contributed by atoms with van der Waals surface area (Å²) in [7, 11) is 0. The second kappa shape index (κ2) is 6.34. The van der Waals surface area contributed by atoms with E-state index in [9.17, 15) is 10.1 Å². The normalized spacial score (nSPS) is 17.5. The van der Waals surface area contributed by atoms with Gasteiger partial charge in [0.25, 0.3) is 5.69 Å². The highest BCUT2D eigenvalue weighted by atomic mass is 32.1. The number of hydrogen-bond donors (Lipinski definition) is 1. The topological polar surface area (TPSA) is 58.4 Å². The van der Waals surface area contributed by atoms with Crippen LogP contribution in [0.25, 0.3) is 0 Å². The van der Waals surface area contributed by atoms with E-state index in [1.807, 2.05) is 12.1 Å². The molecule has 1 saturated heterocycles. The van der Waals surface area contributed by atoms with Gasteiger partial charge in [-0.25, -0.2) is 0 Å². The molecule has 1 aromatic heterocycles. The van der Waals surface area contributed by atoms with E-state index in [2.05, 4.69) is 21.7 Å². The van der Waals surface area contributed by atoms with Crippen LogP contribution in [0.3, 0.4) is 0 Å². The third kappa shape index (κ3) is 3.12. The van der Waals surface area contributed by atoms with Crippen LogP contribution in [0.15, 0.2) is 41.8 Å². The van der Waals surface area contributed by atoms with Crippen molar-refractivity contribution in [3.05, 3.63) is 62.3 Å². The van der Waals surface area contributed by atoms with Crippen molar-refractivity contribution < 1.29 is 4.92 Å². The summed E-state index contributed by atoms with van der Waals surface area (Å²) in [5.74, 6) is 0.